The Hall–Kier alpha value is -3.90. The lowest BCUT2D eigenvalue weighted by molar-refractivity contribution is -0.110. The normalized spacial score (nSPS) is 17.9. The molecule has 39 heavy (non-hydrogen) atoms. The molecule has 9 nitrogen and oxygen atoms in total. The monoisotopic (exact) mass is 543 g/mol. The minimum Gasteiger partial charge on any atom is -0.369 e. The Morgan fingerprint density at radius 1 is 1.21 bits per heavy atom. The lowest BCUT2D eigenvalue weighted by Gasteiger charge is -2.36. The number of carbonyl (C=O) groups is 1. The van der Waals surface area contributed by atoms with Gasteiger partial charge in [-0.05, 0) is 57.9 Å². The van der Waals surface area contributed by atoms with Gasteiger partial charge in [0.1, 0.15) is 17.1 Å². The highest BCUT2D eigenvalue weighted by atomic mass is 19.1. The summed E-state index contributed by atoms with van der Waals surface area (Å²) in [6.45, 7) is 10.2. The van der Waals surface area contributed by atoms with Gasteiger partial charge in [-0.1, -0.05) is 6.07 Å². The van der Waals surface area contributed by atoms with Crippen molar-refractivity contribution >= 4 is 41.1 Å². The SMILES string of the molecule is C=NN(c1c(F)cc(NC(=O)C2=NN(c3c(F)cccc3F)C(O)C=C2)c(N2CCC(N)CC2)c1C)C(C)C. The number of rotatable bonds is 7. The molecule has 0 bridgehead atoms. The fourth-order valence-electron chi connectivity index (χ4n) is 4.82. The van der Waals surface area contributed by atoms with E-state index < -0.39 is 35.3 Å². The summed E-state index contributed by atoms with van der Waals surface area (Å²) in [6, 6.07) is 4.27. The van der Waals surface area contributed by atoms with Crippen LogP contribution in [0.4, 0.5) is 35.9 Å². The van der Waals surface area contributed by atoms with Crippen LogP contribution in [0.15, 0.2) is 46.6 Å². The highest BCUT2D eigenvalue weighted by molar-refractivity contribution is 6.47. The van der Waals surface area contributed by atoms with E-state index in [9.17, 15) is 18.7 Å². The molecule has 0 aromatic heterocycles. The Morgan fingerprint density at radius 3 is 2.44 bits per heavy atom. The number of hydrogen-bond donors (Lipinski definition) is 3. The molecule has 1 amide bonds. The molecule has 208 valence electrons. The summed E-state index contributed by atoms with van der Waals surface area (Å²) >= 11 is 0. The van der Waals surface area contributed by atoms with Gasteiger partial charge in [0, 0.05) is 43.5 Å². The maximum Gasteiger partial charge on any atom is 0.276 e. The number of nitrogens with two attached hydrogens (primary N) is 1. The van der Waals surface area contributed by atoms with Crippen molar-refractivity contribution in [2.75, 3.05) is 33.3 Å². The molecule has 1 atom stereocenters. The number of aliphatic hydroxyl groups is 1. The predicted octanol–water partition coefficient (Wildman–Crippen LogP) is 3.86. The minimum atomic E-state index is -1.51. The van der Waals surface area contributed by atoms with E-state index in [2.05, 4.69) is 22.2 Å². The van der Waals surface area contributed by atoms with Crippen LogP contribution < -0.4 is 26.0 Å². The Labute approximate surface area is 225 Å². The number of aliphatic hydroxyl groups excluding tert-OH is 1. The number of amides is 1. The van der Waals surface area contributed by atoms with Gasteiger partial charge in [-0.25, -0.2) is 18.2 Å². The van der Waals surface area contributed by atoms with E-state index in [4.69, 9.17) is 5.73 Å². The Balaban J connectivity index is 1.74. The minimum absolute atomic E-state index is 0.0411. The number of piperidine rings is 1. The number of carbonyl (C=O) groups excluding carboxylic acids is 1. The van der Waals surface area contributed by atoms with E-state index in [1.165, 1.54) is 29.3 Å². The van der Waals surface area contributed by atoms with E-state index >= 15 is 4.39 Å². The molecule has 0 spiro atoms. The summed E-state index contributed by atoms with van der Waals surface area (Å²) in [5.41, 5.74) is 6.82. The number of benzene rings is 2. The standard InChI is InChI=1S/C27H32F3N7O2/c1-15(2)36(32-4)24-16(3)25(35-12-10-17(31)11-13-35)22(14-20(24)30)33-27(39)21-8-9-23(38)37(34-21)26-18(28)6-5-7-19(26)29/h5-9,14-15,17,23,38H,4,10-13,31H2,1-3H3,(H,33,39). The second-order valence-corrected chi connectivity index (χ2v) is 9.76. The molecule has 0 saturated carbocycles. The summed E-state index contributed by atoms with van der Waals surface area (Å²) < 4.78 is 44.3. The molecule has 2 aliphatic heterocycles. The fraction of sp³-hybridized carbons (Fsp3) is 0.370. The number of para-hydroxylation sites is 1. The van der Waals surface area contributed by atoms with Crippen molar-refractivity contribution < 1.29 is 23.1 Å². The molecule has 2 heterocycles. The second-order valence-electron chi connectivity index (χ2n) is 9.76. The van der Waals surface area contributed by atoms with E-state index in [-0.39, 0.29) is 29.2 Å². The first kappa shape index (κ1) is 28.1. The van der Waals surface area contributed by atoms with Crippen LogP contribution in [0.5, 0.6) is 0 Å². The summed E-state index contributed by atoms with van der Waals surface area (Å²) in [5, 5.41) is 23.2. The zero-order valence-electron chi connectivity index (χ0n) is 22.0. The first-order valence-corrected chi connectivity index (χ1v) is 12.6. The van der Waals surface area contributed by atoms with Gasteiger partial charge in [-0.3, -0.25) is 9.80 Å². The molecule has 4 rings (SSSR count). The molecule has 4 N–H and O–H groups in total. The van der Waals surface area contributed by atoms with E-state index in [0.717, 1.165) is 12.1 Å². The molecule has 0 aliphatic carbocycles. The zero-order valence-corrected chi connectivity index (χ0v) is 22.0. The highest BCUT2D eigenvalue weighted by Crippen LogP contribution is 2.40. The van der Waals surface area contributed by atoms with Crippen LogP contribution in [0.2, 0.25) is 0 Å². The molecule has 1 saturated heterocycles. The summed E-state index contributed by atoms with van der Waals surface area (Å²) in [4.78, 5) is 15.4. The summed E-state index contributed by atoms with van der Waals surface area (Å²) in [6.07, 6.45) is 2.32. The molecular weight excluding hydrogens is 511 g/mol. The number of halogens is 3. The first-order chi connectivity index (χ1) is 18.5. The zero-order chi connectivity index (χ0) is 28.4. The van der Waals surface area contributed by atoms with Crippen molar-refractivity contribution in [3.8, 4) is 0 Å². The number of anilines is 4. The van der Waals surface area contributed by atoms with Crippen molar-refractivity contribution in [3.63, 3.8) is 0 Å². The van der Waals surface area contributed by atoms with Crippen molar-refractivity contribution in [1.82, 2.24) is 0 Å². The van der Waals surface area contributed by atoms with E-state index in [1.807, 2.05) is 18.7 Å². The van der Waals surface area contributed by atoms with Crippen LogP contribution in [-0.2, 0) is 4.79 Å². The van der Waals surface area contributed by atoms with Crippen LogP contribution in [0.3, 0.4) is 0 Å². The molecule has 1 unspecified atom stereocenters. The average Bonchev–Trinajstić information content (AvgIpc) is 2.88. The maximum absolute atomic E-state index is 15.5. The summed E-state index contributed by atoms with van der Waals surface area (Å²) in [7, 11) is 0. The van der Waals surface area contributed by atoms with Gasteiger partial charge in [0.05, 0.1) is 11.4 Å². The number of nitrogens with one attached hydrogen (secondary N) is 1. The van der Waals surface area contributed by atoms with E-state index in [0.29, 0.717) is 42.2 Å². The largest absolute Gasteiger partial charge is 0.369 e. The van der Waals surface area contributed by atoms with Crippen molar-refractivity contribution in [2.45, 2.75) is 51.9 Å². The van der Waals surface area contributed by atoms with Crippen LogP contribution in [-0.4, -0.2) is 54.8 Å². The maximum atomic E-state index is 15.5. The lowest BCUT2D eigenvalue weighted by Crippen LogP contribution is -2.41. The second kappa shape index (κ2) is 11.5. The third-order valence-corrected chi connectivity index (χ3v) is 6.73. The Bertz CT molecular complexity index is 1300. The van der Waals surface area contributed by atoms with Crippen molar-refractivity contribution in [1.29, 1.82) is 0 Å². The van der Waals surface area contributed by atoms with Gasteiger partial charge in [0.15, 0.2) is 23.7 Å². The first-order valence-electron chi connectivity index (χ1n) is 12.6. The quantitative estimate of drug-likeness (QED) is 0.362. The highest BCUT2D eigenvalue weighted by Gasteiger charge is 2.30. The van der Waals surface area contributed by atoms with Gasteiger partial charge < -0.3 is 21.1 Å². The molecule has 0 radical (unpaired) electrons. The molecule has 2 aliphatic rings. The third-order valence-electron chi connectivity index (χ3n) is 6.73. The van der Waals surface area contributed by atoms with Crippen LogP contribution >= 0.6 is 0 Å². The lowest BCUT2D eigenvalue weighted by atomic mass is 10.0. The number of hydrazone groups is 2. The van der Waals surface area contributed by atoms with E-state index in [1.54, 1.807) is 6.92 Å². The van der Waals surface area contributed by atoms with Gasteiger partial charge >= 0.3 is 0 Å². The smallest absolute Gasteiger partial charge is 0.276 e. The van der Waals surface area contributed by atoms with Crippen molar-refractivity contribution in [3.05, 3.63) is 59.4 Å². The van der Waals surface area contributed by atoms with Gasteiger partial charge in [0.25, 0.3) is 5.91 Å². The predicted molar refractivity (Wildman–Crippen MR) is 148 cm³/mol. The topological polar surface area (TPSA) is 110 Å². The fourth-order valence-corrected chi connectivity index (χ4v) is 4.82. The van der Waals surface area contributed by atoms with Crippen LogP contribution in [0, 0.1) is 24.4 Å². The molecule has 2 aromatic rings. The molecular formula is C27H32F3N7O2. The van der Waals surface area contributed by atoms with Crippen LogP contribution in [0.1, 0.15) is 32.3 Å². The van der Waals surface area contributed by atoms with Gasteiger partial charge in [0.2, 0.25) is 0 Å². The Kier molecular flexibility index (Phi) is 8.26. The molecule has 2 aromatic carbocycles. The molecule has 1 fully saturated rings. The number of nitrogens with zero attached hydrogens (tertiary/aromatic N) is 5. The number of hydrogen-bond acceptors (Lipinski definition) is 8. The Morgan fingerprint density at radius 2 is 1.85 bits per heavy atom. The van der Waals surface area contributed by atoms with Crippen LogP contribution in [0.25, 0.3) is 0 Å². The molecule has 12 heteroatoms. The van der Waals surface area contributed by atoms with Gasteiger partial charge in [-0.15, -0.1) is 0 Å². The average molecular weight is 544 g/mol. The van der Waals surface area contributed by atoms with Crippen molar-refractivity contribution in [2.24, 2.45) is 15.9 Å². The van der Waals surface area contributed by atoms with Gasteiger partial charge in [-0.2, -0.15) is 10.2 Å². The summed E-state index contributed by atoms with van der Waals surface area (Å²) in [5.74, 6) is -3.30. The third kappa shape index (κ3) is 5.62.